The van der Waals surface area contributed by atoms with Crippen LogP contribution in [0.5, 0.6) is 5.75 Å². The molecule has 1 atom stereocenters. The van der Waals surface area contributed by atoms with Crippen molar-refractivity contribution < 1.29 is 13.2 Å². The lowest BCUT2D eigenvalue weighted by molar-refractivity contribution is 0.414. The Labute approximate surface area is 134 Å². The van der Waals surface area contributed by atoms with Gasteiger partial charge in [-0.15, -0.1) is 0 Å². The van der Waals surface area contributed by atoms with Gasteiger partial charge in [-0.25, -0.2) is 18.5 Å². The van der Waals surface area contributed by atoms with E-state index in [1.165, 1.54) is 6.20 Å². The molecule has 3 N–H and O–H groups in total. The molecule has 0 aliphatic carbocycles. The Bertz CT molecular complexity index is 724. The van der Waals surface area contributed by atoms with Gasteiger partial charge in [0.1, 0.15) is 5.75 Å². The van der Waals surface area contributed by atoms with Crippen LogP contribution in [0.4, 0.5) is 5.13 Å². The Kier molecular flexibility index (Phi) is 5.05. The van der Waals surface area contributed by atoms with E-state index in [0.29, 0.717) is 5.13 Å². The highest BCUT2D eigenvalue weighted by Crippen LogP contribution is 2.30. The summed E-state index contributed by atoms with van der Waals surface area (Å²) in [4.78, 5) is 4.09. The molecule has 120 valence electrons. The van der Waals surface area contributed by atoms with Crippen LogP contribution in [-0.2, 0) is 10.0 Å². The monoisotopic (exact) mass is 341 g/mol. The van der Waals surface area contributed by atoms with Crippen LogP contribution in [0.2, 0.25) is 0 Å². The third-order valence-electron chi connectivity index (χ3n) is 3.19. The fourth-order valence-electron chi connectivity index (χ4n) is 2.04. The largest absolute Gasteiger partial charge is 0.497 e. The summed E-state index contributed by atoms with van der Waals surface area (Å²) in [7, 11) is -2.09. The molecule has 1 heterocycles. The highest BCUT2D eigenvalue weighted by atomic mass is 32.2. The summed E-state index contributed by atoms with van der Waals surface area (Å²) < 4.78 is 27.8. The molecule has 1 aromatic carbocycles. The number of anilines is 1. The predicted molar refractivity (Wildman–Crippen MR) is 87.7 cm³/mol. The third kappa shape index (κ3) is 3.96. The number of nitrogens with two attached hydrogens (primary N) is 1. The summed E-state index contributed by atoms with van der Waals surface area (Å²) in [5.74, 6) is 1.08. The van der Waals surface area contributed by atoms with Crippen molar-refractivity contribution >= 4 is 26.5 Å². The van der Waals surface area contributed by atoms with Gasteiger partial charge in [-0.3, -0.25) is 0 Å². The second-order valence-corrected chi connectivity index (χ2v) is 7.99. The Morgan fingerprint density at radius 2 is 1.91 bits per heavy atom. The van der Waals surface area contributed by atoms with Crippen molar-refractivity contribution in [1.82, 2.24) is 4.98 Å². The van der Waals surface area contributed by atoms with E-state index in [1.807, 2.05) is 24.3 Å². The normalized spacial score (nSPS) is 13.1. The van der Waals surface area contributed by atoms with E-state index in [4.69, 9.17) is 9.88 Å². The van der Waals surface area contributed by atoms with Crippen LogP contribution in [0, 0.1) is 5.92 Å². The summed E-state index contributed by atoms with van der Waals surface area (Å²) in [6, 6.07) is 7.74. The number of nitrogens with one attached hydrogen (secondary N) is 1. The van der Waals surface area contributed by atoms with Gasteiger partial charge in [0, 0.05) is 0 Å². The zero-order chi connectivity index (χ0) is 16.3. The van der Waals surface area contributed by atoms with Crippen molar-refractivity contribution in [2.75, 3.05) is 12.4 Å². The number of primary sulfonamides is 1. The van der Waals surface area contributed by atoms with Gasteiger partial charge in [0.15, 0.2) is 9.34 Å². The second-order valence-electron chi connectivity index (χ2n) is 5.17. The van der Waals surface area contributed by atoms with Gasteiger partial charge >= 0.3 is 0 Å². The summed E-state index contributed by atoms with van der Waals surface area (Å²) in [6.07, 6.45) is 1.27. The fraction of sp³-hybridized carbons (Fsp3) is 0.357. The second kappa shape index (κ2) is 6.64. The number of hydrogen-bond donors (Lipinski definition) is 2. The number of benzene rings is 1. The molecule has 22 heavy (non-hydrogen) atoms. The van der Waals surface area contributed by atoms with E-state index in [0.717, 1.165) is 22.6 Å². The molecule has 0 amide bonds. The molecular formula is C14H19N3O3S2. The van der Waals surface area contributed by atoms with Crippen LogP contribution in [0.15, 0.2) is 34.7 Å². The van der Waals surface area contributed by atoms with Crippen LogP contribution in [0.25, 0.3) is 0 Å². The van der Waals surface area contributed by atoms with E-state index >= 15 is 0 Å². The maximum atomic E-state index is 11.3. The van der Waals surface area contributed by atoms with Gasteiger partial charge in [0.05, 0.1) is 19.3 Å². The maximum Gasteiger partial charge on any atom is 0.249 e. The van der Waals surface area contributed by atoms with E-state index in [-0.39, 0.29) is 16.2 Å². The third-order valence-corrected chi connectivity index (χ3v) is 5.52. The standard InChI is InChI=1S/C14H19N3O3S2/c1-9(2)13(10-4-6-11(20-3)7-5-10)17-14-16-8-12(21-14)22(15,18)19/h4-9,13H,1-3H3,(H,16,17)(H2,15,18,19). The van der Waals surface area contributed by atoms with Crippen LogP contribution in [0.3, 0.4) is 0 Å². The van der Waals surface area contributed by atoms with Crippen LogP contribution in [-0.4, -0.2) is 20.5 Å². The summed E-state index contributed by atoms with van der Waals surface area (Å²) in [6.45, 7) is 4.16. The van der Waals surface area contributed by atoms with Crippen LogP contribution >= 0.6 is 11.3 Å². The number of nitrogens with zero attached hydrogens (tertiary/aromatic N) is 1. The molecular weight excluding hydrogens is 322 g/mol. The fourth-order valence-corrected chi connectivity index (χ4v) is 3.53. The minimum Gasteiger partial charge on any atom is -0.497 e. The molecule has 6 nitrogen and oxygen atoms in total. The summed E-state index contributed by atoms with van der Waals surface area (Å²) in [5.41, 5.74) is 1.07. The zero-order valence-electron chi connectivity index (χ0n) is 12.6. The smallest absolute Gasteiger partial charge is 0.249 e. The molecule has 1 unspecified atom stereocenters. The average Bonchev–Trinajstić information content (AvgIpc) is 2.93. The minimum atomic E-state index is -3.71. The molecule has 0 aliphatic rings. The first kappa shape index (κ1) is 16.7. The van der Waals surface area contributed by atoms with Gasteiger partial charge in [0.2, 0.25) is 10.0 Å². The minimum absolute atomic E-state index is 0.00499. The van der Waals surface area contributed by atoms with Crippen molar-refractivity contribution in [1.29, 1.82) is 0 Å². The molecule has 0 saturated heterocycles. The SMILES string of the molecule is COc1ccc(C(Nc2ncc(S(N)(=O)=O)s2)C(C)C)cc1. The Morgan fingerprint density at radius 1 is 1.27 bits per heavy atom. The quantitative estimate of drug-likeness (QED) is 0.842. The molecule has 0 saturated carbocycles. The molecule has 8 heteroatoms. The number of aromatic nitrogens is 1. The lowest BCUT2D eigenvalue weighted by Gasteiger charge is -2.22. The zero-order valence-corrected chi connectivity index (χ0v) is 14.2. The number of ether oxygens (including phenoxy) is 1. The molecule has 1 aromatic heterocycles. The Morgan fingerprint density at radius 3 is 2.36 bits per heavy atom. The Balaban J connectivity index is 2.23. The number of hydrogen-bond acceptors (Lipinski definition) is 6. The van der Waals surface area contributed by atoms with Gasteiger partial charge in [-0.05, 0) is 23.6 Å². The molecule has 2 aromatic rings. The van der Waals surface area contributed by atoms with Gasteiger partial charge in [-0.2, -0.15) is 0 Å². The van der Waals surface area contributed by atoms with Gasteiger partial charge in [-0.1, -0.05) is 37.3 Å². The molecule has 0 radical (unpaired) electrons. The number of methoxy groups -OCH3 is 1. The number of thiazole rings is 1. The average molecular weight is 341 g/mol. The summed E-state index contributed by atoms with van der Waals surface area (Å²) in [5, 5.41) is 8.90. The van der Waals surface area contributed by atoms with E-state index < -0.39 is 10.0 Å². The highest BCUT2D eigenvalue weighted by Gasteiger charge is 2.19. The highest BCUT2D eigenvalue weighted by molar-refractivity contribution is 7.91. The molecule has 0 bridgehead atoms. The molecule has 0 spiro atoms. The molecule has 0 aliphatic heterocycles. The topological polar surface area (TPSA) is 94.3 Å². The van der Waals surface area contributed by atoms with E-state index in [1.54, 1.807) is 7.11 Å². The van der Waals surface area contributed by atoms with Crippen LogP contribution < -0.4 is 15.2 Å². The lowest BCUT2D eigenvalue weighted by Crippen LogP contribution is -2.16. The van der Waals surface area contributed by atoms with Gasteiger partial charge < -0.3 is 10.1 Å². The van der Waals surface area contributed by atoms with Crippen molar-refractivity contribution in [2.24, 2.45) is 11.1 Å². The van der Waals surface area contributed by atoms with Crippen molar-refractivity contribution in [2.45, 2.75) is 24.1 Å². The van der Waals surface area contributed by atoms with E-state index in [2.05, 4.69) is 24.1 Å². The number of sulfonamides is 1. The molecule has 0 fully saturated rings. The first-order valence-electron chi connectivity index (χ1n) is 6.70. The Hall–Kier alpha value is -1.64. The lowest BCUT2D eigenvalue weighted by atomic mass is 9.96. The van der Waals surface area contributed by atoms with E-state index in [9.17, 15) is 8.42 Å². The number of rotatable bonds is 6. The van der Waals surface area contributed by atoms with Crippen molar-refractivity contribution in [3.05, 3.63) is 36.0 Å². The predicted octanol–water partition coefficient (Wildman–Crippen LogP) is 2.61. The van der Waals surface area contributed by atoms with Crippen LogP contribution in [0.1, 0.15) is 25.5 Å². The first-order valence-corrected chi connectivity index (χ1v) is 9.06. The van der Waals surface area contributed by atoms with Crippen molar-refractivity contribution in [3.8, 4) is 5.75 Å². The maximum absolute atomic E-state index is 11.3. The van der Waals surface area contributed by atoms with Crippen molar-refractivity contribution in [3.63, 3.8) is 0 Å². The summed E-state index contributed by atoms with van der Waals surface area (Å²) >= 11 is 1.03. The molecule has 2 rings (SSSR count). The van der Waals surface area contributed by atoms with Gasteiger partial charge in [0.25, 0.3) is 0 Å². The first-order chi connectivity index (χ1) is 10.3.